The third-order valence-corrected chi connectivity index (χ3v) is 6.18. The van der Waals surface area contributed by atoms with Crippen LogP contribution in [0.3, 0.4) is 0 Å². The van der Waals surface area contributed by atoms with Crippen LogP contribution in [0.5, 0.6) is 0 Å². The van der Waals surface area contributed by atoms with E-state index in [-0.39, 0.29) is 12.0 Å². The van der Waals surface area contributed by atoms with Gasteiger partial charge in [0.2, 0.25) is 5.91 Å². The van der Waals surface area contributed by atoms with Crippen LogP contribution < -0.4 is 5.32 Å². The number of amides is 1. The summed E-state index contributed by atoms with van der Waals surface area (Å²) in [4.78, 5) is 15.3. The molecule has 28 heavy (non-hydrogen) atoms. The summed E-state index contributed by atoms with van der Waals surface area (Å²) in [5.74, 6) is 0.462. The van der Waals surface area contributed by atoms with Gasteiger partial charge in [0.1, 0.15) is 0 Å². The molecule has 6 nitrogen and oxygen atoms in total. The average molecular weight is 385 g/mol. The quantitative estimate of drug-likeness (QED) is 0.711. The third kappa shape index (κ3) is 3.80. The molecule has 1 aromatic heterocycles. The zero-order valence-electron chi connectivity index (χ0n) is 17.3. The minimum Gasteiger partial charge on any atom is -0.385 e. The van der Waals surface area contributed by atoms with Gasteiger partial charge in [0.05, 0.1) is 23.2 Å². The summed E-state index contributed by atoms with van der Waals surface area (Å²) < 4.78 is 7.24. The largest absolute Gasteiger partial charge is 0.385 e. The molecule has 1 saturated carbocycles. The predicted molar refractivity (Wildman–Crippen MR) is 110 cm³/mol. The first kappa shape index (κ1) is 19.4. The number of nitrogens with one attached hydrogen (secondary N) is 1. The van der Waals surface area contributed by atoms with E-state index in [2.05, 4.69) is 46.9 Å². The van der Waals surface area contributed by atoms with Crippen molar-refractivity contribution in [3.8, 4) is 0 Å². The molecule has 2 aromatic rings. The molecule has 0 bridgehead atoms. The smallest absolute Gasteiger partial charge is 0.227 e. The van der Waals surface area contributed by atoms with E-state index in [4.69, 9.17) is 9.84 Å². The fraction of sp³-hybridized carbons (Fsp3) is 0.636. The summed E-state index contributed by atoms with van der Waals surface area (Å²) in [6.07, 6.45) is 4.18. The van der Waals surface area contributed by atoms with Crippen LogP contribution in [0.1, 0.15) is 49.9 Å². The number of methoxy groups -OCH3 is 1. The highest BCUT2D eigenvalue weighted by Crippen LogP contribution is 2.37. The van der Waals surface area contributed by atoms with Gasteiger partial charge in [-0.3, -0.25) is 9.48 Å². The topological polar surface area (TPSA) is 59.4 Å². The summed E-state index contributed by atoms with van der Waals surface area (Å²) in [5.41, 5.74) is 3.41. The Balaban J connectivity index is 1.58. The molecular weight excluding hydrogens is 352 g/mol. The Bertz CT molecular complexity index is 836. The minimum absolute atomic E-state index is 0.0984. The van der Waals surface area contributed by atoms with Gasteiger partial charge in [-0.25, -0.2) is 0 Å². The van der Waals surface area contributed by atoms with E-state index in [1.165, 1.54) is 10.9 Å². The molecule has 1 N–H and O–H groups in total. The molecule has 4 rings (SSSR count). The normalized spacial score (nSPS) is 20.6. The van der Waals surface area contributed by atoms with E-state index in [9.17, 15) is 4.79 Å². The zero-order valence-corrected chi connectivity index (χ0v) is 17.3. The molecule has 2 fully saturated rings. The summed E-state index contributed by atoms with van der Waals surface area (Å²) in [5, 5.41) is 9.25. The molecular formula is C22H32N4O2. The second-order valence-electron chi connectivity index (χ2n) is 8.27. The van der Waals surface area contributed by atoms with Crippen molar-refractivity contribution in [3.63, 3.8) is 0 Å². The highest BCUT2D eigenvalue weighted by Gasteiger charge is 2.39. The fourth-order valence-electron chi connectivity index (χ4n) is 4.42. The molecule has 6 heteroatoms. The zero-order chi connectivity index (χ0) is 19.7. The number of hydrogen-bond donors (Lipinski definition) is 1. The number of fused-ring (bicyclic) bond motifs is 1. The number of ether oxygens (including phenoxy) is 1. The lowest BCUT2D eigenvalue weighted by Gasteiger charge is -2.32. The number of nitrogens with zero attached hydrogens (tertiary/aromatic N) is 3. The average Bonchev–Trinajstić information content (AvgIpc) is 3.26. The molecule has 0 radical (unpaired) electrons. The lowest BCUT2D eigenvalue weighted by atomic mass is 10.0. The Labute approximate surface area is 167 Å². The minimum atomic E-state index is 0.0984. The Morgan fingerprint density at radius 3 is 2.89 bits per heavy atom. The molecule has 1 aromatic carbocycles. The fourth-order valence-corrected chi connectivity index (χ4v) is 4.42. The van der Waals surface area contributed by atoms with Gasteiger partial charge in [0, 0.05) is 38.2 Å². The van der Waals surface area contributed by atoms with Crippen molar-refractivity contribution in [2.45, 2.75) is 58.2 Å². The maximum absolute atomic E-state index is 13.2. The molecule has 1 saturated heterocycles. The van der Waals surface area contributed by atoms with E-state index < -0.39 is 0 Å². The number of rotatable bonds is 8. The molecule has 0 spiro atoms. The molecule has 1 aliphatic heterocycles. The molecule has 2 atom stereocenters. The summed E-state index contributed by atoms with van der Waals surface area (Å²) in [6, 6.07) is 7.10. The van der Waals surface area contributed by atoms with E-state index >= 15 is 0 Å². The number of carbonyl (C=O) groups excluding carboxylic acids is 1. The van der Waals surface area contributed by atoms with Crippen molar-refractivity contribution in [1.29, 1.82) is 0 Å². The van der Waals surface area contributed by atoms with Gasteiger partial charge in [-0.05, 0) is 63.8 Å². The van der Waals surface area contributed by atoms with Crippen molar-refractivity contribution in [1.82, 2.24) is 20.0 Å². The lowest BCUT2D eigenvalue weighted by molar-refractivity contribution is -0.137. The maximum Gasteiger partial charge on any atom is 0.227 e. The van der Waals surface area contributed by atoms with Crippen molar-refractivity contribution in [3.05, 3.63) is 29.5 Å². The monoisotopic (exact) mass is 384 g/mol. The molecule has 1 aliphatic carbocycles. The highest BCUT2D eigenvalue weighted by molar-refractivity contribution is 5.84. The van der Waals surface area contributed by atoms with Crippen LogP contribution >= 0.6 is 0 Å². The van der Waals surface area contributed by atoms with E-state index in [1.54, 1.807) is 7.11 Å². The number of aromatic nitrogens is 2. The molecule has 1 amide bonds. The Morgan fingerprint density at radius 1 is 1.39 bits per heavy atom. The van der Waals surface area contributed by atoms with Crippen molar-refractivity contribution in [2.24, 2.45) is 5.92 Å². The van der Waals surface area contributed by atoms with Crippen LogP contribution in [0, 0.1) is 12.8 Å². The summed E-state index contributed by atoms with van der Waals surface area (Å²) in [6.45, 7) is 7.62. The molecule has 0 unspecified atom stereocenters. The molecule has 2 heterocycles. The number of carbonyl (C=O) groups is 1. The standard InChI is InChI=1S/C22H32N4O2/c1-15-20-13-17(5-8-21(20)25(24-15)11-4-12-28-3)16(2)26(19-6-7-19)22(27)18-9-10-23-14-18/h5,8,13,16,18-19,23H,4,6-7,9-12,14H2,1-3H3/t16-,18+/m0/s1. The number of benzene rings is 1. The van der Waals surface area contributed by atoms with Crippen LogP contribution in [0.2, 0.25) is 0 Å². The first-order chi connectivity index (χ1) is 13.6. The summed E-state index contributed by atoms with van der Waals surface area (Å²) in [7, 11) is 1.73. The molecule has 2 aliphatic rings. The van der Waals surface area contributed by atoms with Gasteiger partial charge in [0.25, 0.3) is 0 Å². The third-order valence-electron chi connectivity index (χ3n) is 6.18. The highest BCUT2D eigenvalue weighted by atomic mass is 16.5. The second kappa shape index (κ2) is 8.21. The van der Waals surface area contributed by atoms with Crippen LogP contribution in [0.25, 0.3) is 10.9 Å². The Morgan fingerprint density at radius 2 is 2.21 bits per heavy atom. The first-order valence-electron chi connectivity index (χ1n) is 10.6. The van der Waals surface area contributed by atoms with Gasteiger partial charge in [0.15, 0.2) is 0 Å². The van der Waals surface area contributed by atoms with E-state index in [1.807, 2.05) is 0 Å². The van der Waals surface area contributed by atoms with Crippen LogP contribution in [0.15, 0.2) is 18.2 Å². The van der Waals surface area contributed by atoms with Gasteiger partial charge < -0.3 is 15.0 Å². The number of aryl methyl sites for hydroxylation is 2. The van der Waals surface area contributed by atoms with Gasteiger partial charge in [-0.2, -0.15) is 5.10 Å². The lowest BCUT2D eigenvalue weighted by Crippen LogP contribution is -2.40. The molecule has 152 valence electrons. The van der Waals surface area contributed by atoms with Gasteiger partial charge >= 0.3 is 0 Å². The Hall–Kier alpha value is -1.92. The SMILES string of the molecule is COCCCn1nc(C)c2cc([C@H](C)N(C(=O)[C@@H]3CCNC3)C3CC3)ccc21. The van der Waals surface area contributed by atoms with Crippen molar-refractivity contribution >= 4 is 16.8 Å². The maximum atomic E-state index is 13.2. The number of hydrogen-bond acceptors (Lipinski definition) is 4. The van der Waals surface area contributed by atoms with E-state index in [0.717, 1.165) is 63.1 Å². The summed E-state index contributed by atoms with van der Waals surface area (Å²) >= 11 is 0. The predicted octanol–water partition coefficient (Wildman–Crippen LogP) is 3.04. The van der Waals surface area contributed by atoms with E-state index in [0.29, 0.717) is 11.9 Å². The van der Waals surface area contributed by atoms with Gasteiger partial charge in [-0.15, -0.1) is 0 Å². The Kier molecular flexibility index (Phi) is 5.69. The van der Waals surface area contributed by atoms with Crippen LogP contribution in [-0.2, 0) is 16.1 Å². The van der Waals surface area contributed by atoms with Crippen LogP contribution in [-0.4, -0.2) is 53.4 Å². The van der Waals surface area contributed by atoms with Crippen molar-refractivity contribution < 1.29 is 9.53 Å². The van der Waals surface area contributed by atoms with Crippen molar-refractivity contribution in [2.75, 3.05) is 26.8 Å². The van der Waals surface area contributed by atoms with Gasteiger partial charge in [-0.1, -0.05) is 6.07 Å². The second-order valence-corrected chi connectivity index (χ2v) is 8.27. The first-order valence-corrected chi connectivity index (χ1v) is 10.6. The van der Waals surface area contributed by atoms with Crippen LogP contribution in [0.4, 0.5) is 0 Å².